The lowest BCUT2D eigenvalue weighted by atomic mass is 10.2. The number of halogens is 2. The molecule has 1 heterocycles. The van der Waals surface area contributed by atoms with E-state index in [1.54, 1.807) is 0 Å². The van der Waals surface area contributed by atoms with Crippen LogP contribution in [0.2, 0.25) is 0 Å². The smallest absolute Gasteiger partial charge is 0.254 e. The molecule has 0 aromatic carbocycles. The fourth-order valence-electron chi connectivity index (χ4n) is 1.02. The van der Waals surface area contributed by atoms with Crippen molar-refractivity contribution in [3.8, 4) is 0 Å². The highest BCUT2D eigenvalue weighted by Crippen LogP contribution is 2.29. The molecule has 0 aliphatic carbocycles. The molecule has 0 aliphatic rings. The number of alkyl halides is 2. The van der Waals surface area contributed by atoms with Gasteiger partial charge in [0.1, 0.15) is 5.69 Å². The van der Waals surface area contributed by atoms with Gasteiger partial charge in [-0.15, -0.1) is 0 Å². The molecule has 1 rings (SSSR count). The van der Waals surface area contributed by atoms with E-state index in [0.717, 1.165) is 18.5 Å². The lowest BCUT2D eigenvalue weighted by Gasteiger charge is -2.12. The summed E-state index contributed by atoms with van der Waals surface area (Å²) in [5, 5.41) is 0. The summed E-state index contributed by atoms with van der Waals surface area (Å²) in [4.78, 5) is 2.96. The minimum absolute atomic E-state index is 0.424. The average Bonchev–Trinajstić information content (AvgIpc) is 2.01. The summed E-state index contributed by atoms with van der Waals surface area (Å²) in [7, 11) is -3.66. The lowest BCUT2D eigenvalue weighted by molar-refractivity contribution is 0.00949. The van der Waals surface area contributed by atoms with Crippen molar-refractivity contribution in [1.82, 2.24) is 4.98 Å². The van der Waals surface area contributed by atoms with Gasteiger partial charge in [-0.05, 0) is 12.1 Å². The Morgan fingerprint density at radius 2 is 2.00 bits per heavy atom. The van der Waals surface area contributed by atoms with Crippen LogP contribution in [0.15, 0.2) is 23.2 Å². The third-order valence-electron chi connectivity index (χ3n) is 1.59. The van der Waals surface area contributed by atoms with Gasteiger partial charge in [0.2, 0.25) is 0 Å². The van der Waals surface area contributed by atoms with Crippen molar-refractivity contribution in [2.24, 2.45) is 0 Å². The second-order valence-corrected chi connectivity index (χ2v) is 4.99. The van der Waals surface area contributed by atoms with Crippen molar-refractivity contribution < 1.29 is 17.2 Å². The molecule has 0 radical (unpaired) electrons. The largest absolute Gasteiger partial charge is 0.288 e. The predicted octanol–water partition coefficient (Wildman–Crippen LogP) is 1.60. The van der Waals surface area contributed by atoms with Crippen LogP contribution in [-0.2, 0) is 15.8 Å². The van der Waals surface area contributed by atoms with E-state index < -0.39 is 26.3 Å². The van der Waals surface area contributed by atoms with Crippen LogP contribution in [-0.4, -0.2) is 19.7 Å². The van der Waals surface area contributed by atoms with E-state index in [4.69, 9.17) is 0 Å². The first-order valence-electron chi connectivity index (χ1n) is 3.76. The topological polar surface area (TPSA) is 47.0 Å². The predicted molar refractivity (Wildman–Crippen MR) is 46.9 cm³/mol. The third-order valence-corrected chi connectivity index (χ3v) is 2.71. The van der Waals surface area contributed by atoms with Crippen LogP contribution >= 0.6 is 0 Å². The van der Waals surface area contributed by atoms with Gasteiger partial charge < -0.3 is 0 Å². The summed E-state index contributed by atoms with van der Waals surface area (Å²) in [5.74, 6) is -3.25. The first-order chi connectivity index (χ1) is 6.23. The minimum atomic E-state index is -3.66. The molecule has 78 valence electrons. The number of pyridine rings is 1. The van der Waals surface area contributed by atoms with Crippen molar-refractivity contribution in [3.63, 3.8) is 0 Å². The Balaban J connectivity index is 3.47. The van der Waals surface area contributed by atoms with Gasteiger partial charge in [0.05, 0.1) is 4.90 Å². The van der Waals surface area contributed by atoms with E-state index in [1.807, 2.05) is 0 Å². The zero-order valence-corrected chi connectivity index (χ0v) is 8.48. The molecule has 1 aromatic heterocycles. The lowest BCUT2D eigenvalue weighted by Crippen LogP contribution is -2.15. The van der Waals surface area contributed by atoms with Crippen LogP contribution in [0.25, 0.3) is 0 Å². The summed E-state index contributed by atoms with van der Waals surface area (Å²) < 4.78 is 48.1. The maximum Gasteiger partial charge on any atom is 0.288 e. The SMILES string of the molecule is CC(F)(F)c1ncccc1S(C)(=O)=O. The van der Waals surface area contributed by atoms with Crippen LogP contribution < -0.4 is 0 Å². The van der Waals surface area contributed by atoms with Gasteiger partial charge in [0.15, 0.2) is 9.84 Å². The zero-order valence-electron chi connectivity index (χ0n) is 7.66. The van der Waals surface area contributed by atoms with Gasteiger partial charge >= 0.3 is 0 Å². The highest BCUT2D eigenvalue weighted by molar-refractivity contribution is 7.90. The molecule has 0 amide bonds. The summed E-state index contributed by atoms with van der Waals surface area (Å²) in [6, 6.07) is 2.43. The van der Waals surface area contributed by atoms with Gasteiger partial charge in [-0.1, -0.05) is 0 Å². The summed E-state index contributed by atoms with van der Waals surface area (Å²) in [5.41, 5.74) is -0.706. The molecule has 14 heavy (non-hydrogen) atoms. The first-order valence-corrected chi connectivity index (χ1v) is 5.65. The van der Waals surface area contributed by atoms with Gasteiger partial charge in [-0.3, -0.25) is 4.98 Å². The molecule has 0 fully saturated rings. The van der Waals surface area contributed by atoms with E-state index in [-0.39, 0.29) is 0 Å². The second-order valence-electron chi connectivity index (χ2n) is 3.01. The van der Waals surface area contributed by atoms with E-state index in [0.29, 0.717) is 6.92 Å². The fraction of sp³-hybridized carbons (Fsp3) is 0.375. The molecule has 6 heteroatoms. The summed E-state index contributed by atoms with van der Waals surface area (Å²) >= 11 is 0. The number of rotatable bonds is 2. The van der Waals surface area contributed by atoms with E-state index in [1.165, 1.54) is 6.07 Å². The molecule has 0 spiro atoms. The number of nitrogens with zero attached hydrogens (tertiary/aromatic N) is 1. The molecular formula is C8H9F2NO2S. The maximum absolute atomic E-state index is 12.9. The van der Waals surface area contributed by atoms with Crippen molar-refractivity contribution in [3.05, 3.63) is 24.0 Å². The standard InChI is InChI=1S/C8H9F2NO2S/c1-8(9,10)7-6(14(2,12)13)4-3-5-11-7/h3-5H,1-2H3. The molecule has 0 bridgehead atoms. The minimum Gasteiger partial charge on any atom is -0.254 e. The monoisotopic (exact) mass is 221 g/mol. The van der Waals surface area contributed by atoms with Crippen LogP contribution in [0.5, 0.6) is 0 Å². The quantitative estimate of drug-likeness (QED) is 0.762. The molecule has 3 nitrogen and oxygen atoms in total. The maximum atomic E-state index is 12.9. The molecule has 0 saturated heterocycles. The Morgan fingerprint density at radius 1 is 1.43 bits per heavy atom. The average molecular weight is 221 g/mol. The Kier molecular flexibility index (Phi) is 2.58. The van der Waals surface area contributed by atoms with Crippen molar-refractivity contribution in [2.45, 2.75) is 17.7 Å². The van der Waals surface area contributed by atoms with Crippen LogP contribution in [0.1, 0.15) is 12.6 Å². The highest BCUT2D eigenvalue weighted by atomic mass is 32.2. The number of hydrogen-bond acceptors (Lipinski definition) is 3. The van der Waals surface area contributed by atoms with Crippen molar-refractivity contribution in [1.29, 1.82) is 0 Å². The van der Waals surface area contributed by atoms with Gasteiger partial charge in [-0.2, -0.15) is 8.78 Å². The van der Waals surface area contributed by atoms with Gasteiger partial charge in [-0.25, -0.2) is 8.42 Å². The van der Waals surface area contributed by atoms with E-state index in [2.05, 4.69) is 4.98 Å². The Hall–Kier alpha value is -1.04. The van der Waals surface area contributed by atoms with Gasteiger partial charge in [0, 0.05) is 19.4 Å². The van der Waals surface area contributed by atoms with Crippen LogP contribution in [0, 0.1) is 0 Å². The highest BCUT2D eigenvalue weighted by Gasteiger charge is 2.32. The number of hydrogen-bond donors (Lipinski definition) is 0. The molecule has 0 unspecified atom stereocenters. The molecule has 1 aromatic rings. The number of aromatic nitrogens is 1. The molecule has 0 atom stereocenters. The Labute approximate surface area is 80.7 Å². The fourth-order valence-corrected chi connectivity index (χ4v) is 1.93. The molecule has 0 N–H and O–H groups in total. The molecular weight excluding hydrogens is 212 g/mol. The van der Waals surface area contributed by atoms with Gasteiger partial charge in [0.25, 0.3) is 5.92 Å². The Morgan fingerprint density at radius 3 is 2.36 bits per heavy atom. The van der Waals surface area contributed by atoms with Crippen LogP contribution in [0.4, 0.5) is 8.78 Å². The normalized spacial score (nSPS) is 12.9. The summed E-state index contributed by atoms with van der Waals surface area (Å²) in [6.45, 7) is 0.615. The van der Waals surface area contributed by atoms with Crippen molar-refractivity contribution >= 4 is 9.84 Å². The second kappa shape index (κ2) is 3.27. The molecule has 0 saturated carbocycles. The Bertz CT molecular complexity index is 437. The third kappa shape index (κ3) is 2.25. The zero-order chi connectivity index (χ0) is 11.0. The molecule has 0 aliphatic heterocycles. The number of sulfone groups is 1. The first kappa shape index (κ1) is 11.0. The van der Waals surface area contributed by atoms with Crippen molar-refractivity contribution in [2.75, 3.05) is 6.26 Å². The van der Waals surface area contributed by atoms with E-state index in [9.17, 15) is 17.2 Å². The van der Waals surface area contributed by atoms with Crippen LogP contribution in [0.3, 0.4) is 0 Å². The van der Waals surface area contributed by atoms with E-state index >= 15 is 0 Å². The summed E-state index contributed by atoms with van der Waals surface area (Å²) in [6.07, 6.45) is 2.01.